The van der Waals surface area contributed by atoms with Crippen LogP contribution in [0.5, 0.6) is 0 Å². The summed E-state index contributed by atoms with van der Waals surface area (Å²) in [6.07, 6.45) is 4.02. The Morgan fingerprint density at radius 2 is 1.96 bits per heavy atom. The number of nitrogens with one attached hydrogen (secondary N) is 1. The molecule has 0 saturated heterocycles. The molecule has 0 aliphatic carbocycles. The van der Waals surface area contributed by atoms with Crippen LogP contribution in [0.15, 0.2) is 12.5 Å². The molecule has 0 bridgehead atoms. The summed E-state index contributed by atoms with van der Waals surface area (Å²) >= 11 is 0. The van der Waals surface area contributed by atoms with Crippen LogP contribution in [0.2, 0.25) is 0 Å². The first-order valence-corrected chi connectivity index (χ1v) is 8.60. The maximum Gasteiger partial charge on any atom is 0.408 e. The normalized spacial score (nSPS) is 12.8. The number of aromatic nitrogens is 2. The third kappa shape index (κ3) is 7.34. The number of imidazole rings is 1. The lowest BCUT2D eigenvalue weighted by Gasteiger charge is -2.29. The van der Waals surface area contributed by atoms with Gasteiger partial charge in [-0.1, -0.05) is 0 Å². The van der Waals surface area contributed by atoms with Gasteiger partial charge in [0.2, 0.25) is 0 Å². The molecule has 1 aromatic rings. The smallest absolute Gasteiger partial charge is 0.408 e. The van der Waals surface area contributed by atoms with Gasteiger partial charge in [0.1, 0.15) is 5.60 Å². The largest absolute Gasteiger partial charge is 0.444 e. The number of nitrogens with zero attached hydrogens (tertiary/aromatic N) is 3. The first kappa shape index (κ1) is 20.5. The average molecular weight is 338 g/mol. The molecule has 0 aromatic carbocycles. The Morgan fingerprint density at radius 3 is 2.50 bits per heavy atom. The number of hydrogen-bond donors (Lipinski definition) is 1. The molecule has 0 aliphatic rings. The van der Waals surface area contributed by atoms with Gasteiger partial charge in [-0.25, -0.2) is 9.78 Å². The number of amides is 1. The van der Waals surface area contributed by atoms with Crippen molar-refractivity contribution >= 4 is 6.09 Å². The molecule has 6 nitrogen and oxygen atoms in total. The fourth-order valence-electron chi connectivity index (χ4n) is 2.30. The van der Waals surface area contributed by atoms with Crippen molar-refractivity contribution in [1.82, 2.24) is 19.8 Å². The van der Waals surface area contributed by atoms with Crippen molar-refractivity contribution in [2.75, 3.05) is 13.6 Å². The van der Waals surface area contributed by atoms with E-state index in [0.717, 1.165) is 18.8 Å². The standard InChI is InChI=1S/C18H34N4O2/c1-14(2)21(8)9-10-22-13-19-12-15(22)11-18(6,7)20-16(23)24-17(3,4)5/h12-14H,9-11H2,1-8H3,(H,20,23). The Balaban J connectivity index is 2.65. The Hall–Kier alpha value is -1.56. The molecule has 1 amide bonds. The van der Waals surface area contributed by atoms with E-state index < -0.39 is 17.2 Å². The summed E-state index contributed by atoms with van der Waals surface area (Å²) < 4.78 is 7.50. The Kier molecular flexibility index (Phi) is 6.84. The van der Waals surface area contributed by atoms with Gasteiger partial charge in [0.05, 0.1) is 6.33 Å². The van der Waals surface area contributed by atoms with Crippen LogP contribution in [-0.4, -0.2) is 51.3 Å². The van der Waals surface area contributed by atoms with Crippen LogP contribution in [0.3, 0.4) is 0 Å². The van der Waals surface area contributed by atoms with Crippen LogP contribution < -0.4 is 5.32 Å². The molecule has 0 unspecified atom stereocenters. The van der Waals surface area contributed by atoms with Gasteiger partial charge in [-0.15, -0.1) is 0 Å². The molecule has 24 heavy (non-hydrogen) atoms. The molecule has 0 spiro atoms. The van der Waals surface area contributed by atoms with Gasteiger partial charge in [-0.3, -0.25) is 0 Å². The van der Waals surface area contributed by atoms with Gasteiger partial charge in [0, 0.05) is 43.0 Å². The van der Waals surface area contributed by atoms with E-state index in [4.69, 9.17) is 4.74 Å². The second kappa shape index (κ2) is 8.01. The van der Waals surface area contributed by atoms with E-state index in [1.807, 2.05) is 47.1 Å². The summed E-state index contributed by atoms with van der Waals surface area (Å²) in [6, 6.07) is 0.516. The van der Waals surface area contributed by atoms with Gasteiger partial charge >= 0.3 is 6.09 Å². The van der Waals surface area contributed by atoms with Crippen LogP contribution in [-0.2, 0) is 17.7 Å². The maximum atomic E-state index is 12.0. The van der Waals surface area contributed by atoms with E-state index >= 15 is 0 Å². The lowest BCUT2D eigenvalue weighted by atomic mass is 9.99. The third-order valence-corrected chi connectivity index (χ3v) is 3.84. The zero-order chi connectivity index (χ0) is 18.5. The molecule has 138 valence electrons. The maximum absolute atomic E-state index is 12.0. The van der Waals surface area contributed by atoms with E-state index in [2.05, 4.69) is 40.7 Å². The molecular weight excluding hydrogens is 304 g/mol. The lowest BCUT2D eigenvalue weighted by Crippen LogP contribution is -2.47. The highest BCUT2D eigenvalue weighted by atomic mass is 16.6. The lowest BCUT2D eigenvalue weighted by molar-refractivity contribution is 0.0471. The van der Waals surface area contributed by atoms with Crippen LogP contribution in [0.4, 0.5) is 4.79 Å². The zero-order valence-electron chi connectivity index (χ0n) is 16.5. The van der Waals surface area contributed by atoms with Crippen LogP contribution in [0, 0.1) is 0 Å². The van der Waals surface area contributed by atoms with Gasteiger partial charge in [-0.2, -0.15) is 0 Å². The summed E-state index contributed by atoms with van der Waals surface area (Å²) in [5.41, 5.74) is 0.196. The summed E-state index contributed by atoms with van der Waals surface area (Å²) in [5, 5.41) is 2.95. The van der Waals surface area contributed by atoms with Crippen molar-refractivity contribution in [3.05, 3.63) is 18.2 Å². The minimum atomic E-state index is -0.497. The molecule has 6 heteroatoms. The molecule has 0 fully saturated rings. The Morgan fingerprint density at radius 1 is 1.33 bits per heavy atom. The van der Waals surface area contributed by atoms with Crippen molar-refractivity contribution in [3.63, 3.8) is 0 Å². The first-order valence-electron chi connectivity index (χ1n) is 8.60. The van der Waals surface area contributed by atoms with Crippen molar-refractivity contribution in [1.29, 1.82) is 0 Å². The zero-order valence-corrected chi connectivity index (χ0v) is 16.5. The number of rotatable bonds is 7. The van der Waals surface area contributed by atoms with Gasteiger partial charge in [-0.05, 0) is 55.5 Å². The SMILES string of the molecule is CC(C)N(C)CCn1cncc1CC(C)(C)NC(=O)OC(C)(C)C. The summed E-state index contributed by atoms with van der Waals surface area (Å²) in [7, 11) is 2.12. The highest BCUT2D eigenvalue weighted by Gasteiger charge is 2.26. The summed E-state index contributed by atoms with van der Waals surface area (Å²) in [5.74, 6) is 0. The average Bonchev–Trinajstić information content (AvgIpc) is 2.78. The minimum Gasteiger partial charge on any atom is -0.444 e. The van der Waals surface area contributed by atoms with E-state index in [0.29, 0.717) is 12.5 Å². The highest BCUT2D eigenvalue weighted by molar-refractivity contribution is 5.68. The van der Waals surface area contributed by atoms with Crippen LogP contribution in [0.1, 0.15) is 54.2 Å². The second-order valence-electron chi connectivity index (χ2n) is 8.34. The predicted octanol–water partition coefficient (Wildman–Crippen LogP) is 3.07. The molecule has 0 saturated carbocycles. The third-order valence-electron chi connectivity index (χ3n) is 3.84. The van der Waals surface area contributed by atoms with E-state index in [-0.39, 0.29) is 0 Å². The number of ether oxygens (including phenoxy) is 1. The monoisotopic (exact) mass is 338 g/mol. The van der Waals surface area contributed by atoms with Crippen molar-refractivity contribution in [2.45, 2.75) is 78.6 Å². The predicted molar refractivity (Wildman–Crippen MR) is 97.1 cm³/mol. The molecule has 1 rings (SSSR count). The molecule has 0 atom stereocenters. The first-order chi connectivity index (χ1) is 10.9. The van der Waals surface area contributed by atoms with E-state index in [1.54, 1.807) is 0 Å². The molecule has 1 N–H and O–H groups in total. The van der Waals surface area contributed by atoms with Crippen molar-refractivity contribution in [2.24, 2.45) is 0 Å². The van der Waals surface area contributed by atoms with Gasteiger partial charge in [0.25, 0.3) is 0 Å². The minimum absolute atomic E-state index is 0.391. The number of alkyl carbamates (subject to hydrolysis) is 1. The summed E-state index contributed by atoms with van der Waals surface area (Å²) in [6.45, 7) is 15.8. The molecule has 1 aromatic heterocycles. The topological polar surface area (TPSA) is 59.4 Å². The number of carbonyl (C=O) groups excluding carboxylic acids is 1. The number of hydrogen-bond acceptors (Lipinski definition) is 4. The highest BCUT2D eigenvalue weighted by Crippen LogP contribution is 2.15. The molecule has 0 radical (unpaired) electrons. The fourth-order valence-corrected chi connectivity index (χ4v) is 2.30. The van der Waals surface area contributed by atoms with Crippen LogP contribution >= 0.6 is 0 Å². The fraction of sp³-hybridized carbons (Fsp3) is 0.778. The molecule has 0 aliphatic heterocycles. The Bertz CT molecular complexity index is 529. The number of likely N-dealkylation sites (N-methyl/N-ethyl adjacent to an activating group) is 1. The van der Waals surface area contributed by atoms with Crippen LogP contribution in [0.25, 0.3) is 0 Å². The van der Waals surface area contributed by atoms with Gasteiger partial charge < -0.3 is 19.5 Å². The molecule has 1 heterocycles. The summed E-state index contributed by atoms with van der Waals surface area (Å²) in [4.78, 5) is 18.6. The second-order valence-corrected chi connectivity index (χ2v) is 8.34. The van der Waals surface area contributed by atoms with Gasteiger partial charge in [0.15, 0.2) is 0 Å². The quantitative estimate of drug-likeness (QED) is 0.830. The molecular formula is C18H34N4O2. The van der Waals surface area contributed by atoms with E-state index in [1.165, 1.54) is 0 Å². The van der Waals surface area contributed by atoms with Crippen molar-refractivity contribution in [3.8, 4) is 0 Å². The Labute approximate surface area is 146 Å². The number of carbonyl (C=O) groups is 1. The van der Waals surface area contributed by atoms with Crippen molar-refractivity contribution < 1.29 is 9.53 Å². The van der Waals surface area contributed by atoms with E-state index in [9.17, 15) is 4.79 Å².